The van der Waals surface area contributed by atoms with Gasteiger partial charge in [0.25, 0.3) is 0 Å². The van der Waals surface area contributed by atoms with E-state index in [1.807, 2.05) is 43.3 Å². The molecule has 0 saturated heterocycles. The molecule has 1 heterocycles. The molecule has 0 saturated carbocycles. The van der Waals surface area contributed by atoms with E-state index in [0.717, 1.165) is 21.9 Å². The van der Waals surface area contributed by atoms with Crippen LogP contribution in [0.5, 0.6) is 17.2 Å². The highest BCUT2D eigenvalue weighted by Crippen LogP contribution is 2.46. The predicted molar refractivity (Wildman–Crippen MR) is 103 cm³/mol. The molecular weight excluding hydrogens is 340 g/mol. The highest BCUT2D eigenvalue weighted by molar-refractivity contribution is 5.91. The molecule has 1 unspecified atom stereocenters. The zero-order valence-electron chi connectivity index (χ0n) is 14.8. The number of nitriles is 1. The molecular formula is C22H18N2O3. The molecule has 4 rings (SSSR count). The Morgan fingerprint density at radius 3 is 2.78 bits per heavy atom. The van der Waals surface area contributed by atoms with Crippen LogP contribution in [-0.2, 0) is 0 Å². The highest BCUT2D eigenvalue weighted by atomic mass is 16.5. The van der Waals surface area contributed by atoms with Gasteiger partial charge in [-0.05, 0) is 30.0 Å². The number of hydrogen-bond acceptors (Lipinski definition) is 5. The lowest BCUT2D eigenvalue weighted by molar-refractivity contribution is 0.317. The third kappa shape index (κ3) is 2.72. The summed E-state index contributed by atoms with van der Waals surface area (Å²) >= 11 is 0. The third-order valence-corrected chi connectivity index (χ3v) is 4.72. The van der Waals surface area contributed by atoms with Crippen LogP contribution < -0.4 is 15.2 Å². The van der Waals surface area contributed by atoms with Gasteiger partial charge in [0.05, 0.1) is 12.5 Å². The summed E-state index contributed by atoms with van der Waals surface area (Å²) < 4.78 is 11.4. The average molecular weight is 358 g/mol. The molecule has 0 aliphatic carbocycles. The monoisotopic (exact) mass is 358 g/mol. The number of aromatic hydroxyl groups is 1. The van der Waals surface area contributed by atoms with Crippen LogP contribution in [0.2, 0.25) is 0 Å². The maximum atomic E-state index is 10.0. The van der Waals surface area contributed by atoms with Gasteiger partial charge in [-0.3, -0.25) is 0 Å². The fourth-order valence-corrected chi connectivity index (χ4v) is 3.51. The van der Waals surface area contributed by atoms with Gasteiger partial charge in [0.1, 0.15) is 17.4 Å². The standard InChI is InChI=1S/C22H18N2O3/c1-2-26-19-11-14(8-10-18(19)25)20-16-9-7-13-5-3-4-6-15(13)21(16)27-22(24)17(20)12-23/h3-11,20,25H,2,24H2,1H3. The lowest BCUT2D eigenvalue weighted by Crippen LogP contribution is -2.21. The van der Waals surface area contributed by atoms with Crippen molar-refractivity contribution in [2.45, 2.75) is 12.8 Å². The molecule has 0 amide bonds. The molecule has 0 aromatic heterocycles. The van der Waals surface area contributed by atoms with E-state index in [0.29, 0.717) is 23.7 Å². The summed E-state index contributed by atoms with van der Waals surface area (Å²) in [5.74, 6) is 0.780. The number of allylic oxidation sites excluding steroid dienone is 1. The van der Waals surface area contributed by atoms with Gasteiger partial charge < -0.3 is 20.3 Å². The summed E-state index contributed by atoms with van der Waals surface area (Å²) in [6.45, 7) is 2.27. The average Bonchev–Trinajstić information content (AvgIpc) is 2.69. The highest BCUT2D eigenvalue weighted by Gasteiger charge is 2.32. The number of nitrogens with two attached hydrogens (primary N) is 1. The predicted octanol–water partition coefficient (Wildman–Crippen LogP) is 4.16. The second-order valence-corrected chi connectivity index (χ2v) is 6.29. The number of phenols is 1. The molecule has 27 heavy (non-hydrogen) atoms. The van der Waals surface area contributed by atoms with Gasteiger partial charge in [-0.2, -0.15) is 5.26 Å². The van der Waals surface area contributed by atoms with Crippen molar-refractivity contribution in [1.82, 2.24) is 0 Å². The quantitative estimate of drug-likeness (QED) is 0.734. The number of ether oxygens (including phenoxy) is 2. The van der Waals surface area contributed by atoms with Crippen molar-refractivity contribution < 1.29 is 14.6 Å². The van der Waals surface area contributed by atoms with Crippen LogP contribution in [-0.4, -0.2) is 11.7 Å². The molecule has 1 aliphatic heterocycles. The molecule has 0 bridgehead atoms. The second kappa shape index (κ2) is 6.58. The Morgan fingerprint density at radius 2 is 2.00 bits per heavy atom. The van der Waals surface area contributed by atoms with Gasteiger partial charge in [-0.15, -0.1) is 0 Å². The van der Waals surface area contributed by atoms with Crippen molar-refractivity contribution in [2.24, 2.45) is 5.73 Å². The molecule has 3 aromatic carbocycles. The van der Waals surface area contributed by atoms with Crippen LogP contribution in [0.1, 0.15) is 24.0 Å². The SMILES string of the molecule is CCOc1cc(C2C(C#N)=C(N)Oc3c2ccc2ccccc32)ccc1O. The van der Waals surface area contributed by atoms with Crippen molar-refractivity contribution in [2.75, 3.05) is 6.61 Å². The van der Waals surface area contributed by atoms with Gasteiger partial charge in [-0.25, -0.2) is 0 Å². The third-order valence-electron chi connectivity index (χ3n) is 4.72. The fraction of sp³-hybridized carbons (Fsp3) is 0.136. The van der Waals surface area contributed by atoms with Gasteiger partial charge >= 0.3 is 0 Å². The van der Waals surface area contributed by atoms with Crippen LogP contribution in [0.15, 0.2) is 66.1 Å². The van der Waals surface area contributed by atoms with Crippen molar-refractivity contribution in [3.63, 3.8) is 0 Å². The lowest BCUT2D eigenvalue weighted by Gasteiger charge is -2.27. The number of nitrogens with zero attached hydrogens (tertiary/aromatic N) is 1. The fourth-order valence-electron chi connectivity index (χ4n) is 3.51. The number of hydrogen-bond donors (Lipinski definition) is 2. The minimum Gasteiger partial charge on any atom is -0.504 e. The van der Waals surface area contributed by atoms with E-state index in [1.165, 1.54) is 0 Å². The maximum absolute atomic E-state index is 10.0. The smallest absolute Gasteiger partial charge is 0.205 e. The normalized spacial score (nSPS) is 15.8. The summed E-state index contributed by atoms with van der Waals surface area (Å²) in [4.78, 5) is 0. The summed E-state index contributed by atoms with van der Waals surface area (Å²) in [5.41, 5.74) is 8.10. The summed E-state index contributed by atoms with van der Waals surface area (Å²) in [5, 5.41) is 21.7. The number of benzene rings is 3. The molecule has 134 valence electrons. The van der Waals surface area contributed by atoms with Crippen LogP contribution in [0.4, 0.5) is 0 Å². The second-order valence-electron chi connectivity index (χ2n) is 6.29. The van der Waals surface area contributed by atoms with Gasteiger partial charge in [0.15, 0.2) is 11.5 Å². The summed E-state index contributed by atoms with van der Waals surface area (Å²) in [6, 6.07) is 19.1. The first-order valence-corrected chi connectivity index (χ1v) is 8.69. The van der Waals surface area contributed by atoms with Crippen LogP contribution in [0.25, 0.3) is 10.8 Å². The van der Waals surface area contributed by atoms with E-state index < -0.39 is 5.92 Å². The largest absolute Gasteiger partial charge is 0.504 e. The van der Waals surface area contributed by atoms with E-state index in [9.17, 15) is 10.4 Å². The molecule has 3 aromatic rings. The van der Waals surface area contributed by atoms with E-state index in [1.54, 1.807) is 18.2 Å². The first-order chi connectivity index (χ1) is 13.1. The molecule has 5 heteroatoms. The number of rotatable bonds is 3. The molecule has 0 spiro atoms. The topological polar surface area (TPSA) is 88.5 Å². The summed E-state index contributed by atoms with van der Waals surface area (Å²) in [7, 11) is 0. The Balaban J connectivity index is 1.96. The van der Waals surface area contributed by atoms with Crippen molar-refractivity contribution in [1.29, 1.82) is 5.26 Å². The molecule has 0 radical (unpaired) electrons. The van der Waals surface area contributed by atoms with Crippen molar-refractivity contribution in [3.05, 3.63) is 77.2 Å². The number of phenolic OH excluding ortho intramolecular Hbond substituents is 1. The van der Waals surface area contributed by atoms with Gasteiger partial charge in [-0.1, -0.05) is 42.5 Å². The van der Waals surface area contributed by atoms with Crippen LogP contribution in [0.3, 0.4) is 0 Å². The van der Waals surface area contributed by atoms with Crippen LogP contribution >= 0.6 is 0 Å². The van der Waals surface area contributed by atoms with E-state index in [-0.39, 0.29) is 11.6 Å². The Morgan fingerprint density at radius 1 is 1.19 bits per heavy atom. The van der Waals surface area contributed by atoms with Gasteiger partial charge in [0.2, 0.25) is 5.88 Å². The molecule has 0 fully saturated rings. The van der Waals surface area contributed by atoms with Crippen molar-refractivity contribution >= 4 is 10.8 Å². The number of fused-ring (bicyclic) bond motifs is 3. The Labute approximate surface area is 156 Å². The zero-order valence-corrected chi connectivity index (χ0v) is 14.8. The molecule has 3 N–H and O–H groups in total. The zero-order chi connectivity index (χ0) is 19.0. The van der Waals surface area contributed by atoms with Crippen molar-refractivity contribution in [3.8, 4) is 23.3 Å². The first-order valence-electron chi connectivity index (χ1n) is 8.69. The van der Waals surface area contributed by atoms with E-state index in [4.69, 9.17) is 15.2 Å². The molecule has 5 nitrogen and oxygen atoms in total. The van der Waals surface area contributed by atoms with E-state index in [2.05, 4.69) is 6.07 Å². The molecule has 1 atom stereocenters. The minimum absolute atomic E-state index is 0.0573. The van der Waals surface area contributed by atoms with Crippen LogP contribution in [0, 0.1) is 11.3 Å². The lowest BCUT2D eigenvalue weighted by atomic mass is 9.82. The van der Waals surface area contributed by atoms with Gasteiger partial charge in [0, 0.05) is 10.9 Å². The maximum Gasteiger partial charge on any atom is 0.205 e. The summed E-state index contributed by atoms with van der Waals surface area (Å²) in [6.07, 6.45) is 0. The Kier molecular flexibility index (Phi) is 4.09. The first kappa shape index (κ1) is 16.8. The van der Waals surface area contributed by atoms with E-state index >= 15 is 0 Å². The minimum atomic E-state index is -0.400. The Hall–Kier alpha value is -3.65. The molecule has 1 aliphatic rings. The Bertz CT molecular complexity index is 1110.